The lowest BCUT2D eigenvalue weighted by atomic mass is 10.1. The molecule has 1 aromatic carbocycles. The summed E-state index contributed by atoms with van der Waals surface area (Å²) in [4.78, 5) is 60.8. The van der Waals surface area contributed by atoms with Crippen molar-refractivity contribution in [1.29, 1.82) is 0 Å². The number of rotatable bonds is 13. The van der Waals surface area contributed by atoms with Crippen molar-refractivity contribution in [3.8, 4) is 0 Å². The van der Waals surface area contributed by atoms with Crippen LogP contribution in [0.1, 0.15) is 48.3 Å². The third-order valence-electron chi connectivity index (χ3n) is 6.40. The molecule has 3 aromatic rings. The molecular formula is C27H32N6O8S. The van der Waals surface area contributed by atoms with E-state index < -0.39 is 36.4 Å². The highest BCUT2D eigenvalue weighted by atomic mass is 32.2. The zero-order valence-electron chi connectivity index (χ0n) is 23.1. The smallest absolute Gasteiger partial charge is 0.407 e. The number of alkyl carbamates (subject to hydrolysis) is 1. The fourth-order valence-corrected chi connectivity index (χ4v) is 4.47. The van der Waals surface area contributed by atoms with Crippen molar-refractivity contribution in [2.24, 2.45) is 0 Å². The average molecular weight is 601 g/mol. The number of hydrogen-bond acceptors (Lipinski definition) is 12. The number of esters is 1. The molecule has 0 bridgehead atoms. The fourth-order valence-electron chi connectivity index (χ4n) is 4.22. The molecule has 0 spiro atoms. The van der Waals surface area contributed by atoms with Gasteiger partial charge in [0, 0.05) is 30.7 Å². The lowest BCUT2D eigenvalue weighted by Crippen LogP contribution is -2.30. The minimum Gasteiger partial charge on any atom is -0.459 e. The first kappa shape index (κ1) is 30.9. The van der Waals surface area contributed by atoms with Crippen molar-refractivity contribution in [3.63, 3.8) is 0 Å². The van der Waals surface area contributed by atoms with Crippen molar-refractivity contribution in [2.45, 2.75) is 51.2 Å². The number of ether oxygens (including phenoxy) is 3. The van der Waals surface area contributed by atoms with E-state index >= 15 is 0 Å². The molecule has 2 aromatic heterocycles. The summed E-state index contributed by atoms with van der Waals surface area (Å²) in [6.45, 7) is 1.60. The van der Waals surface area contributed by atoms with Crippen LogP contribution in [0.25, 0.3) is 11.2 Å². The quantitative estimate of drug-likeness (QED) is 0.192. The molecule has 42 heavy (non-hydrogen) atoms. The lowest BCUT2D eigenvalue weighted by Gasteiger charge is -2.16. The van der Waals surface area contributed by atoms with E-state index in [2.05, 4.69) is 25.6 Å². The Kier molecular flexibility index (Phi) is 10.8. The maximum atomic E-state index is 12.9. The minimum atomic E-state index is -0.765. The van der Waals surface area contributed by atoms with E-state index in [1.807, 2.05) is 6.26 Å². The number of thioether (sulfide) groups is 1. The predicted octanol–water partition coefficient (Wildman–Crippen LogP) is 2.23. The van der Waals surface area contributed by atoms with Gasteiger partial charge in [0.1, 0.15) is 37.2 Å². The summed E-state index contributed by atoms with van der Waals surface area (Å²) in [5.74, 6) is -0.184. The van der Waals surface area contributed by atoms with Crippen LogP contribution in [0.5, 0.6) is 0 Å². The Balaban J connectivity index is 1.38. The first-order valence-corrected chi connectivity index (χ1v) is 14.6. The van der Waals surface area contributed by atoms with Crippen LogP contribution in [0.15, 0.2) is 36.9 Å². The van der Waals surface area contributed by atoms with Crippen LogP contribution in [0.4, 0.5) is 10.6 Å². The van der Waals surface area contributed by atoms with E-state index in [4.69, 9.17) is 14.2 Å². The van der Waals surface area contributed by atoms with Crippen molar-refractivity contribution < 1.29 is 38.5 Å². The van der Waals surface area contributed by atoms with Crippen LogP contribution in [0.2, 0.25) is 0 Å². The van der Waals surface area contributed by atoms with Gasteiger partial charge in [-0.2, -0.15) is 11.8 Å². The highest BCUT2D eigenvalue weighted by molar-refractivity contribution is 7.98. The summed E-state index contributed by atoms with van der Waals surface area (Å²) >= 11 is 1.58. The van der Waals surface area contributed by atoms with Crippen LogP contribution in [0, 0.1) is 0 Å². The van der Waals surface area contributed by atoms with E-state index in [-0.39, 0.29) is 44.0 Å². The fraction of sp³-hybridized carbons (Fsp3) is 0.444. The number of anilines is 1. The van der Waals surface area contributed by atoms with E-state index in [0.717, 1.165) is 11.3 Å². The number of nitrogens with zero attached hydrogens (tertiary/aromatic N) is 4. The molecule has 0 aliphatic carbocycles. The first-order chi connectivity index (χ1) is 20.3. The van der Waals surface area contributed by atoms with Gasteiger partial charge in [-0.15, -0.1) is 0 Å². The van der Waals surface area contributed by atoms with Gasteiger partial charge in [0.25, 0.3) is 5.91 Å². The molecule has 1 aliphatic rings. The van der Waals surface area contributed by atoms with Crippen LogP contribution >= 0.6 is 11.8 Å². The number of aromatic nitrogens is 4. The standard InChI is InChI=1S/C27H32N6O8S/c1-16(35)3-8-22(36)41-19-11-21(40-20(19)13-34)33-15-31-23-24(29-14-30-25(23)33)32-26(37)18-6-4-17(5-7-18)12-28-27(38)39-9-10-42-2/h4-7,14-15,19-21,34H,3,8-13H2,1-2H3,(H,28,38)(H,29,30,32,37)/t19?,20-,21-/m1/s1. The first-order valence-electron chi connectivity index (χ1n) is 13.2. The molecule has 2 amide bonds. The molecule has 1 fully saturated rings. The number of benzene rings is 1. The number of aliphatic hydroxyl groups excluding tert-OH is 1. The predicted molar refractivity (Wildman–Crippen MR) is 152 cm³/mol. The Hall–Kier alpha value is -4.08. The van der Waals surface area contributed by atoms with Gasteiger partial charge >= 0.3 is 12.1 Å². The summed E-state index contributed by atoms with van der Waals surface area (Å²) in [5.41, 5.74) is 1.85. The summed E-state index contributed by atoms with van der Waals surface area (Å²) in [6.07, 6.45) is 2.29. The van der Waals surface area contributed by atoms with E-state index in [0.29, 0.717) is 23.3 Å². The van der Waals surface area contributed by atoms with Gasteiger partial charge in [-0.25, -0.2) is 19.7 Å². The Morgan fingerprint density at radius 2 is 1.93 bits per heavy atom. The molecule has 1 aliphatic heterocycles. The molecule has 14 nitrogen and oxygen atoms in total. The van der Waals surface area contributed by atoms with Crippen LogP contribution in [-0.4, -0.2) is 85.8 Å². The normalized spacial score (nSPS) is 18.0. The number of ketones is 1. The largest absolute Gasteiger partial charge is 0.459 e. The molecule has 3 atom stereocenters. The highest BCUT2D eigenvalue weighted by Gasteiger charge is 2.39. The number of nitrogens with one attached hydrogen (secondary N) is 2. The molecule has 3 N–H and O–H groups in total. The second kappa shape index (κ2) is 14.7. The number of carbonyl (C=O) groups is 4. The highest BCUT2D eigenvalue weighted by Crippen LogP contribution is 2.33. The van der Waals surface area contributed by atoms with Crippen molar-refractivity contribution >= 4 is 52.5 Å². The lowest BCUT2D eigenvalue weighted by molar-refractivity contribution is -0.153. The number of amides is 2. The van der Waals surface area contributed by atoms with Crippen molar-refractivity contribution in [2.75, 3.05) is 30.5 Å². The van der Waals surface area contributed by atoms with E-state index in [9.17, 15) is 24.3 Å². The number of hydrogen-bond donors (Lipinski definition) is 3. The van der Waals surface area contributed by atoms with Gasteiger partial charge in [-0.3, -0.25) is 14.2 Å². The van der Waals surface area contributed by atoms with Gasteiger partial charge in [0.2, 0.25) is 0 Å². The topological polar surface area (TPSA) is 184 Å². The van der Waals surface area contributed by atoms with Crippen LogP contribution in [0.3, 0.4) is 0 Å². The van der Waals surface area contributed by atoms with Crippen molar-refractivity contribution in [3.05, 3.63) is 48.0 Å². The van der Waals surface area contributed by atoms with Gasteiger partial charge in [0.05, 0.1) is 19.4 Å². The molecule has 4 rings (SSSR count). The maximum absolute atomic E-state index is 12.9. The van der Waals surface area contributed by atoms with Gasteiger partial charge in [-0.1, -0.05) is 12.1 Å². The number of fused-ring (bicyclic) bond motifs is 1. The average Bonchev–Trinajstić information content (AvgIpc) is 3.60. The molecular weight excluding hydrogens is 568 g/mol. The van der Waals surface area contributed by atoms with Gasteiger partial charge in [-0.05, 0) is 30.9 Å². The van der Waals surface area contributed by atoms with Gasteiger partial charge < -0.3 is 34.7 Å². The zero-order valence-corrected chi connectivity index (χ0v) is 24.0. The Morgan fingerprint density at radius 3 is 2.64 bits per heavy atom. The molecule has 0 radical (unpaired) electrons. The Labute approximate surface area is 245 Å². The second-order valence-corrected chi connectivity index (χ2v) is 10.4. The zero-order chi connectivity index (χ0) is 30.1. The maximum Gasteiger partial charge on any atom is 0.407 e. The summed E-state index contributed by atoms with van der Waals surface area (Å²) < 4.78 is 18.0. The summed E-state index contributed by atoms with van der Waals surface area (Å²) in [7, 11) is 0. The monoisotopic (exact) mass is 600 g/mol. The molecule has 224 valence electrons. The van der Waals surface area contributed by atoms with Crippen molar-refractivity contribution in [1.82, 2.24) is 24.8 Å². The Bertz CT molecular complexity index is 1420. The molecule has 1 saturated heterocycles. The second-order valence-electron chi connectivity index (χ2n) is 9.46. The molecule has 3 heterocycles. The van der Waals surface area contributed by atoms with Crippen LogP contribution < -0.4 is 10.6 Å². The Morgan fingerprint density at radius 1 is 1.14 bits per heavy atom. The number of Topliss-reactive ketones (excluding diaryl/α,β-unsaturated/α-hetero) is 1. The molecule has 0 saturated carbocycles. The number of carbonyl (C=O) groups excluding carboxylic acids is 4. The van der Waals surface area contributed by atoms with Gasteiger partial charge in [0.15, 0.2) is 17.0 Å². The minimum absolute atomic E-state index is 0.0499. The summed E-state index contributed by atoms with van der Waals surface area (Å²) in [5, 5.41) is 15.2. The number of imidazole rings is 1. The van der Waals surface area contributed by atoms with E-state index in [1.165, 1.54) is 19.6 Å². The third kappa shape index (κ3) is 8.02. The summed E-state index contributed by atoms with van der Waals surface area (Å²) in [6, 6.07) is 6.70. The number of aliphatic hydroxyl groups is 1. The molecule has 1 unspecified atom stereocenters. The SMILES string of the molecule is CSCCOC(=O)NCc1ccc(C(=O)Nc2ncnc3c2ncn3[C@H]2CC(OC(=O)CCC(C)=O)[C@@H](CO)O2)cc1. The van der Waals surface area contributed by atoms with Crippen LogP contribution in [-0.2, 0) is 30.3 Å². The molecule has 15 heteroatoms. The third-order valence-corrected chi connectivity index (χ3v) is 6.97. The van der Waals surface area contributed by atoms with E-state index in [1.54, 1.807) is 40.6 Å².